The van der Waals surface area contributed by atoms with E-state index in [4.69, 9.17) is 9.47 Å². The molecule has 25 heavy (non-hydrogen) atoms. The van der Waals surface area contributed by atoms with Gasteiger partial charge < -0.3 is 19.7 Å². The molecule has 1 saturated heterocycles. The number of hydrogen-bond donors (Lipinski definition) is 1. The summed E-state index contributed by atoms with van der Waals surface area (Å²) in [5.41, 5.74) is 0.592. The van der Waals surface area contributed by atoms with Crippen LogP contribution in [0.2, 0.25) is 0 Å². The lowest BCUT2D eigenvalue weighted by molar-refractivity contribution is -0.135. The van der Waals surface area contributed by atoms with Gasteiger partial charge in [0, 0.05) is 26.3 Å². The lowest BCUT2D eigenvalue weighted by Crippen LogP contribution is -2.38. The molecule has 1 N–H and O–H groups in total. The fraction of sp³-hybridized carbons (Fsp3) is 0.579. The second-order valence-corrected chi connectivity index (χ2v) is 6.14. The van der Waals surface area contributed by atoms with Gasteiger partial charge >= 0.3 is 0 Å². The van der Waals surface area contributed by atoms with Crippen molar-refractivity contribution >= 4 is 17.5 Å². The van der Waals surface area contributed by atoms with Gasteiger partial charge in [-0.25, -0.2) is 0 Å². The van der Waals surface area contributed by atoms with Crippen molar-refractivity contribution < 1.29 is 19.1 Å². The third-order valence-corrected chi connectivity index (χ3v) is 4.33. The number of anilines is 1. The number of hydrogen-bond acceptors (Lipinski definition) is 4. The van der Waals surface area contributed by atoms with Gasteiger partial charge in [-0.15, -0.1) is 0 Å². The lowest BCUT2D eigenvalue weighted by atomic mass is 9.99. The molecule has 0 spiro atoms. The first kappa shape index (κ1) is 19.2. The largest absolute Gasteiger partial charge is 0.492 e. The molecular formula is C19H28N2O4. The molecule has 6 nitrogen and oxygen atoms in total. The molecule has 138 valence electrons. The molecule has 0 radical (unpaired) electrons. The van der Waals surface area contributed by atoms with E-state index in [0.29, 0.717) is 37.1 Å². The summed E-state index contributed by atoms with van der Waals surface area (Å²) < 4.78 is 10.8. The van der Waals surface area contributed by atoms with Crippen LogP contribution < -0.4 is 10.1 Å². The molecule has 0 aromatic heterocycles. The maximum atomic E-state index is 12.5. The highest BCUT2D eigenvalue weighted by Crippen LogP contribution is 2.24. The third-order valence-electron chi connectivity index (χ3n) is 4.33. The van der Waals surface area contributed by atoms with Crippen LogP contribution in [0.5, 0.6) is 5.75 Å². The Balaban J connectivity index is 1.88. The van der Waals surface area contributed by atoms with E-state index in [1.54, 1.807) is 17.0 Å². The fourth-order valence-corrected chi connectivity index (χ4v) is 2.94. The van der Waals surface area contributed by atoms with Crippen molar-refractivity contribution in [1.82, 2.24) is 4.90 Å². The normalized spacial score (nSPS) is 14.8. The molecule has 2 rings (SSSR count). The Labute approximate surface area is 149 Å². The number of ether oxygens (including phenoxy) is 2. The van der Waals surface area contributed by atoms with Crippen molar-refractivity contribution in [2.24, 2.45) is 5.92 Å². The SMILES string of the molecule is CCOc1ccccc1NC(=O)CC(=O)N(CC)CC1CCOCC1. The quantitative estimate of drug-likeness (QED) is 0.734. The number of benzene rings is 1. The van der Waals surface area contributed by atoms with E-state index >= 15 is 0 Å². The van der Waals surface area contributed by atoms with Gasteiger partial charge in [-0.2, -0.15) is 0 Å². The van der Waals surface area contributed by atoms with E-state index in [1.165, 1.54) is 0 Å². The Morgan fingerprint density at radius 3 is 2.64 bits per heavy atom. The fourth-order valence-electron chi connectivity index (χ4n) is 2.94. The molecule has 1 aromatic rings. The van der Waals surface area contributed by atoms with Crippen LogP contribution in [0.4, 0.5) is 5.69 Å². The highest BCUT2D eigenvalue weighted by atomic mass is 16.5. The van der Waals surface area contributed by atoms with Crippen LogP contribution >= 0.6 is 0 Å². The number of amides is 2. The van der Waals surface area contributed by atoms with Crippen molar-refractivity contribution in [3.63, 3.8) is 0 Å². The van der Waals surface area contributed by atoms with E-state index < -0.39 is 0 Å². The van der Waals surface area contributed by atoms with Gasteiger partial charge in [0.25, 0.3) is 0 Å². The first-order valence-electron chi connectivity index (χ1n) is 9.01. The average Bonchev–Trinajstić information content (AvgIpc) is 2.62. The summed E-state index contributed by atoms with van der Waals surface area (Å²) in [5, 5.41) is 2.78. The first-order valence-corrected chi connectivity index (χ1v) is 9.01. The number of carbonyl (C=O) groups excluding carboxylic acids is 2. The Morgan fingerprint density at radius 2 is 1.96 bits per heavy atom. The number of nitrogens with one attached hydrogen (secondary N) is 1. The minimum atomic E-state index is -0.317. The Bertz CT molecular complexity index is 570. The van der Waals surface area contributed by atoms with Crippen molar-refractivity contribution in [2.45, 2.75) is 33.1 Å². The average molecular weight is 348 g/mol. The molecule has 0 saturated carbocycles. The first-order chi connectivity index (χ1) is 12.1. The summed E-state index contributed by atoms with van der Waals surface area (Å²) in [7, 11) is 0. The summed E-state index contributed by atoms with van der Waals surface area (Å²) >= 11 is 0. The summed E-state index contributed by atoms with van der Waals surface area (Å²) in [4.78, 5) is 26.5. The smallest absolute Gasteiger partial charge is 0.233 e. The van der Waals surface area contributed by atoms with Crippen molar-refractivity contribution in [1.29, 1.82) is 0 Å². The Hall–Kier alpha value is -2.08. The standard InChI is InChI=1S/C19H28N2O4/c1-3-21(14-15-9-11-24-12-10-15)19(23)13-18(22)20-16-7-5-6-8-17(16)25-4-2/h5-8,15H,3-4,9-14H2,1-2H3,(H,20,22). The third kappa shape index (κ3) is 6.05. The maximum absolute atomic E-state index is 12.5. The van der Waals surface area contributed by atoms with Crippen molar-refractivity contribution in [3.8, 4) is 5.75 Å². The Morgan fingerprint density at radius 1 is 1.24 bits per heavy atom. The lowest BCUT2D eigenvalue weighted by Gasteiger charge is -2.29. The monoisotopic (exact) mass is 348 g/mol. The van der Waals surface area contributed by atoms with Crippen molar-refractivity contribution in [3.05, 3.63) is 24.3 Å². The summed E-state index contributed by atoms with van der Waals surface area (Å²) in [5.74, 6) is 0.614. The van der Waals surface area contributed by atoms with Gasteiger partial charge in [0.05, 0.1) is 12.3 Å². The molecule has 1 aliphatic rings. The molecule has 1 aromatic carbocycles. The van der Waals surface area contributed by atoms with Gasteiger partial charge in [0.15, 0.2) is 0 Å². The van der Waals surface area contributed by atoms with Crippen LogP contribution in [-0.2, 0) is 14.3 Å². The van der Waals surface area contributed by atoms with Gasteiger partial charge in [0.1, 0.15) is 12.2 Å². The summed E-state index contributed by atoms with van der Waals surface area (Å²) in [6.45, 7) is 7.16. The van der Waals surface area contributed by atoms with Crippen molar-refractivity contribution in [2.75, 3.05) is 38.2 Å². The predicted molar refractivity (Wildman–Crippen MR) is 96.7 cm³/mol. The zero-order chi connectivity index (χ0) is 18.1. The van der Waals surface area contributed by atoms with Crippen LogP contribution in [0.1, 0.15) is 33.1 Å². The Kier molecular flexibility index (Phi) is 7.73. The highest BCUT2D eigenvalue weighted by molar-refractivity contribution is 6.04. The number of para-hydroxylation sites is 2. The number of carbonyl (C=O) groups is 2. The molecule has 0 aliphatic carbocycles. The molecule has 2 amide bonds. The van der Waals surface area contributed by atoms with E-state index in [9.17, 15) is 9.59 Å². The zero-order valence-corrected chi connectivity index (χ0v) is 15.1. The molecule has 1 aliphatic heterocycles. The molecule has 1 heterocycles. The van der Waals surface area contributed by atoms with Crippen LogP contribution in [-0.4, -0.2) is 49.6 Å². The minimum absolute atomic E-state index is 0.139. The zero-order valence-electron chi connectivity index (χ0n) is 15.1. The molecule has 0 atom stereocenters. The van der Waals surface area contributed by atoms with Crippen LogP contribution in [0.15, 0.2) is 24.3 Å². The van der Waals surface area contributed by atoms with E-state index in [2.05, 4.69) is 5.32 Å². The van der Waals surface area contributed by atoms with Gasteiger partial charge in [-0.05, 0) is 44.7 Å². The van der Waals surface area contributed by atoms with Crippen LogP contribution in [0, 0.1) is 5.92 Å². The van der Waals surface area contributed by atoms with Gasteiger partial charge in [-0.3, -0.25) is 9.59 Å². The second-order valence-electron chi connectivity index (χ2n) is 6.14. The minimum Gasteiger partial charge on any atom is -0.492 e. The molecule has 6 heteroatoms. The molecule has 1 fully saturated rings. The van der Waals surface area contributed by atoms with Gasteiger partial charge in [-0.1, -0.05) is 12.1 Å². The topological polar surface area (TPSA) is 67.9 Å². The summed E-state index contributed by atoms with van der Waals surface area (Å²) in [6, 6.07) is 7.24. The second kappa shape index (κ2) is 10.0. The molecule has 0 bridgehead atoms. The number of rotatable bonds is 8. The van der Waals surface area contributed by atoms with Crippen LogP contribution in [0.3, 0.4) is 0 Å². The van der Waals surface area contributed by atoms with E-state index in [-0.39, 0.29) is 18.2 Å². The highest BCUT2D eigenvalue weighted by Gasteiger charge is 2.22. The van der Waals surface area contributed by atoms with Gasteiger partial charge in [0.2, 0.25) is 11.8 Å². The molecular weight excluding hydrogens is 320 g/mol. The maximum Gasteiger partial charge on any atom is 0.233 e. The summed E-state index contributed by atoms with van der Waals surface area (Å²) in [6.07, 6.45) is 1.78. The van der Waals surface area contributed by atoms with Crippen LogP contribution in [0.25, 0.3) is 0 Å². The number of nitrogens with zero attached hydrogens (tertiary/aromatic N) is 1. The van der Waals surface area contributed by atoms with E-state index in [1.807, 2.05) is 26.0 Å². The molecule has 0 unspecified atom stereocenters. The van der Waals surface area contributed by atoms with E-state index in [0.717, 1.165) is 26.1 Å². The predicted octanol–water partition coefficient (Wildman–Crippen LogP) is 2.69.